The van der Waals surface area contributed by atoms with E-state index >= 15 is 0 Å². The number of nitrogens with two attached hydrogens (primary N) is 1. The summed E-state index contributed by atoms with van der Waals surface area (Å²) < 4.78 is 0. The maximum absolute atomic E-state index is 5.84. The van der Waals surface area contributed by atoms with Gasteiger partial charge in [0.2, 0.25) is 0 Å². The lowest BCUT2D eigenvalue weighted by molar-refractivity contribution is 0.264. The predicted octanol–water partition coefficient (Wildman–Crippen LogP) is 1.37. The predicted molar refractivity (Wildman–Crippen MR) is 66.5 cm³/mol. The Labute approximate surface area is 100 Å². The van der Waals surface area contributed by atoms with E-state index in [-0.39, 0.29) is 0 Å². The van der Waals surface area contributed by atoms with Gasteiger partial charge in [-0.3, -0.25) is 5.84 Å². The van der Waals surface area contributed by atoms with Crippen molar-refractivity contribution in [2.75, 3.05) is 24.5 Å². The van der Waals surface area contributed by atoms with Crippen molar-refractivity contribution >= 4 is 16.5 Å². The second-order valence-corrected chi connectivity index (χ2v) is 5.70. The van der Waals surface area contributed by atoms with Crippen molar-refractivity contribution in [1.29, 1.82) is 0 Å². The van der Waals surface area contributed by atoms with E-state index in [0.29, 0.717) is 0 Å². The Hall–Kier alpha value is -0.650. The summed E-state index contributed by atoms with van der Waals surface area (Å²) in [4.78, 5) is 8.58. The van der Waals surface area contributed by atoms with E-state index < -0.39 is 0 Å². The van der Waals surface area contributed by atoms with Gasteiger partial charge in [0.05, 0.1) is 5.69 Å². The Bertz CT molecular complexity index is 370. The van der Waals surface area contributed by atoms with Crippen molar-refractivity contribution in [1.82, 2.24) is 9.99 Å². The van der Waals surface area contributed by atoms with Gasteiger partial charge in [-0.05, 0) is 19.3 Å². The number of hydrogen-bond donors (Lipinski definition) is 1. The zero-order valence-corrected chi connectivity index (χ0v) is 10.3. The standard InChI is InChI=1S/C11H18N4S/c12-15-7-4-9-10(8-15)16-11(13-9)14-5-2-1-3-6-14/h1-8,12H2. The molecule has 0 aliphatic carbocycles. The molecule has 0 radical (unpaired) electrons. The smallest absolute Gasteiger partial charge is 0.185 e. The van der Waals surface area contributed by atoms with Crippen molar-refractivity contribution < 1.29 is 0 Å². The van der Waals surface area contributed by atoms with Gasteiger partial charge in [-0.15, -0.1) is 11.3 Å². The minimum Gasteiger partial charge on any atom is -0.348 e. The summed E-state index contributed by atoms with van der Waals surface area (Å²) in [6.45, 7) is 4.18. The summed E-state index contributed by atoms with van der Waals surface area (Å²) in [5.74, 6) is 5.84. The molecule has 0 spiro atoms. The average Bonchev–Trinajstić information content (AvgIpc) is 2.73. The summed E-state index contributed by atoms with van der Waals surface area (Å²) in [6, 6.07) is 0. The van der Waals surface area contributed by atoms with Crippen molar-refractivity contribution in [3.8, 4) is 0 Å². The molecule has 2 aliphatic heterocycles. The number of hydrazine groups is 1. The van der Waals surface area contributed by atoms with E-state index in [2.05, 4.69) is 4.90 Å². The molecule has 88 valence electrons. The summed E-state index contributed by atoms with van der Waals surface area (Å²) in [5.41, 5.74) is 1.28. The fourth-order valence-electron chi connectivity index (χ4n) is 2.42. The fraction of sp³-hybridized carbons (Fsp3) is 0.727. The second-order valence-electron chi connectivity index (χ2n) is 4.63. The van der Waals surface area contributed by atoms with Gasteiger partial charge in [0.25, 0.3) is 0 Å². The topological polar surface area (TPSA) is 45.4 Å². The molecular formula is C11H18N4S. The van der Waals surface area contributed by atoms with Crippen LogP contribution >= 0.6 is 11.3 Å². The molecule has 3 rings (SSSR count). The molecule has 0 saturated carbocycles. The number of thiazole rings is 1. The highest BCUT2D eigenvalue weighted by Gasteiger charge is 2.21. The third-order valence-electron chi connectivity index (χ3n) is 3.38. The van der Waals surface area contributed by atoms with Gasteiger partial charge >= 0.3 is 0 Å². The van der Waals surface area contributed by atoms with Gasteiger partial charge in [-0.2, -0.15) is 0 Å². The van der Waals surface area contributed by atoms with Crippen molar-refractivity contribution in [3.05, 3.63) is 10.6 Å². The number of hydrogen-bond acceptors (Lipinski definition) is 5. The minimum atomic E-state index is 0.876. The Morgan fingerprint density at radius 1 is 1.12 bits per heavy atom. The molecule has 1 aromatic rings. The molecule has 16 heavy (non-hydrogen) atoms. The van der Waals surface area contributed by atoms with E-state index in [9.17, 15) is 0 Å². The van der Waals surface area contributed by atoms with E-state index in [1.807, 2.05) is 16.3 Å². The first kappa shape index (κ1) is 10.5. The molecule has 0 bridgehead atoms. The van der Waals surface area contributed by atoms with Crippen LogP contribution in [0.4, 0.5) is 5.13 Å². The Morgan fingerprint density at radius 2 is 1.94 bits per heavy atom. The number of rotatable bonds is 1. The molecule has 0 unspecified atom stereocenters. The molecule has 3 heterocycles. The normalized spacial score (nSPS) is 22.2. The quantitative estimate of drug-likeness (QED) is 0.751. The fourth-order valence-corrected chi connectivity index (χ4v) is 3.61. The maximum atomic E-state index is 5.84. The van der Waals surface area contributed by atoms with Gasteiger partial charge < -0.3 is 4.90 Å². The molecule has 5 heteroatoms. The van der Waals surface area contributed by atoms with E-state index in [0.717, 1.165) is 19.5 Å². The Morgan fingerprint density at radius 3 is 2.75 bits per heavy atom. The van der Waals surface area contributed by atoms with Crippen LogP contribution in [0.3, 0.4) is 0 Å². The third-order valence-corrected chi connectivity index (χ3v) is 4.52. The molecule has 2 aliphatic rings. The summed E-state index contributed by atoms with van der Waals surface area (Å²) in [6.07, 6.45) is 5.01. The summed E-state index contributed by atoms with van der Waals surface area (Å²) in [7, 11) is 0. The van der Waals surface area contributed by atoms with Crippen LogP contribution in [-0.2, 0) is 13.0 Å². The molecule has 1 fully saturated rings. The van der Waals surface area contributed by atoms with Crippen molar-refractivity contribution in [2.24, 2.45) is 5.84 Å². The van der Waals surface area contributed by atoms with Gasteiger partial charge in [-0.25, -0.2) is 9.99 Å². The highest BCUT2D eigenvalue weighted by Crippen LogP contribution is 2.31. The van der Waals surface area contributed by atoms with Crippen LogP contribution in [0, 0.1) is 0 Å². The zero-order valence-electron chi connectivity index (χ0n) is 9.48. The van der Waals surface area contributed by atoms with Gasteiger partial charge in [0, 0.05) is 37.5 Å². The SMILES string of the molecule is NN1CCc2nc(N3CCCCC3)sc2C1. The minimum absolute atomic E-state index is 0.876. The van der Waals surface area contributed by atoms with E-state index in [1.54, 1.807) is 0 Å². The largest absolute Gasteiger partial charge is 0.348 e. The first-order chi connectivity index (χ1) is 7.83. The molecule has 1 aromatic heterocycles. The maximum Gasteiger partial charge on any atom is 0.185 e. The summed E-state index contributed by atoms with van der Waals surface area (Å²) in [5, 5.41) is 3.11. The average molecular weight is 238 g/mol. The molecule has 0 atom stereocenters. The molecule has 0 amide bonds. The van der Waals surface area contributed by atoms with Crippen molar-refractivity contribution in [2.45, 2.75) is 32.2 Å². The van der Waals surface area contributed by atoms with Crippen LogP contribution in [0.25, 0.3) is 0 Å². The van der Waals surface area contributed by atoms with E-state index in [4.69, 9.17) is 10.8 Å². The Kier molecular flexibility index (Phi) is 2.83. The van der Waals surface area contributed by atoms with Crippen LogP contribution in [-0.4, -0.2) is 29.6 Å². The number of anilines is 1. The number of piperidine rings is 1. The highest BCUT2D eigenvalue weighted by atomic mass is 32.1. The number of aromatic nitrogens is 1. The molecule has 4 nitrogen and oxygen atoms in total. The Balaban J connectivity index is 1.80. The molecule has 0 aromatic carbocycles. The van der Waals surface area contributed by atoms with Crippen LogP contribution in [0.2, 0.25) is 0 Å². The zero-order chi connectivity index (χ0) is 11.0. The van der Waals surface area contributed by atoms with Crippen LogP contribution < -0.4 is 10.7 Å². The number of fused-ring (bicyclic) bond motifs is 1. The van der Waals surface area contributed by atoms with Gasteiger partial charge in [-0.1, -0.05) is 0 Å². The second kappa shape index (κ2) is 4.31. The molecule has 2 N–H and O–H groups in total. The summed E-state index contributed by atoms with van der Waals surface area (Å²) >= 11 is 1.84. The monoisotopic (exact) mass is 238 g/mol. The van der Waals surface area contributed by atoms with Crippen LogP contribution in [0.5, 0.6) is 0 Å². The lowest BCUT2D eigenvalue weighted by Crippen LogP contribution is -2.35. The molecule has 1 saturated heterocycles. The first-order valence-electron chi connectivity index (χ1n) is 6.06. The lowest BCUT2D eigenvalue weighted by atomic mass is 10.1. The number of nitrogens with zero attached hydrogens (tertiary/aromatic N) is 3. The van der Waals surface area contributed by atoms with Gasteiger partial charge in [0.1, 0.15) is 0 Å². The third kappa shape index (κ3) is 1.95. The van der Waals surface area contributed by atoms with Crippen molar-refractivity contribution in [3.63, 3.8) is 0 Å². The van der Waals surface area contributed by atoms with Crippen LogP contribution in [0.1, 0.15) is 29.8 Å². The first-order valence-corrected chi connectivity index (χ1v) is 6.88. The van der Waals surface area contributed by atoms with Gasteiger partial charge in [0.15, 0.2) is 5.13 Å². The highest BCUT2D eigenvalue weighted by molar-refractivity contribution is 7.15. The van der Waals surface area contributed by atoms with Crippen LogP contribution in [0.15, 0.2) is 0 Å². The molecular weight excluding hydrogens is 220 g/mol. The van der Waals surface area contributed by atoms with E-state index in [1.165, 1.54) is 48.1 Å². The lowest BCUT2D eigenvalue weighted by Gasteiger charge is -2.25.